The van der Waals surface area contributed by atoms with Crippen LogP contribution in [0.25, 0.3) is 0 Å². The smallest absolute Gasteiger partial charge is 0.408 e. The molecule has 1 rings (SSSR count). The van der Waals surface area contributed by atoms with Gasteiger partial charge in [-0.25, -0.2) is 9.59 Å². The van der Waals surface area contributed by atoms with Gasteiger partial charge in [0.05, 0.1) is 13.7 Å². The maximum atomic E-state index is 12.4. The molecule has 0 radical (unpaired) electrons. The second-order valence-electron chi connectivity index (χ2n) is 6.16. The van der Waals surface area contributed by atoms with Gasteiger partial charge in [-0.3, -0.25) is 4.79 Å². The van der Waals surface area contributed by atoms with Gasteiger partial charge in [-0.1, -0.05) is 44.2 Å². The highest BCUT2D eigenvalue weighted by molar-refractivity contribution is 5.89. The fraction of sp³-hybridized carbons (Fsp3) is 0.500. The minimum atomic E-state index is -1.19. The molecule has 2 atom stereocenters. The highest BCUT2D eigenvalue weighted by Crippen LogP contribution is 2.07. The number of nitrogens with one attached hydrogen (secondary N) is 2. The second-order valence-corrected chi connectivity index (χ2v) is 6.16. The van der Waals surface area contributed by atoms with Gasteiger partial charge in [-0.15, -0.1) is 0 Å². The van der Waals surface area contributed by atoms with E-state index >= 15 is 0 Å². The lowest BCUT2D eigenvalue weighted by Gasteiger charge is -2.22. The molecule has 8 nitrogen and oxygen atoms in total. The third kappa shape index (κ3) is 7.52. The van der Waals surface area contributed by atoms with E-state index in [1.54, 1.807) is 0 Å². The highest BCUT2D eigenvalue weighted by Gasteiger charge is 2.27. The third-order valence-corrected chi connectivity index (χ3v) is 3.51. The number of ether oxygens (including phenoxy) is 2. The summed E-state index contributed by atoms with van der Waals surface area (Å²) in [7, 11) is 1.15. The van der Waals surface area contributed by atoms with Crippen molar-refractivity contribution in [2.75, 3.05) is 13.7 Å². The first-order valence-electron chi connectivity index (χ1n) is 8.33. The van der Waals surface area contributed by atoms with E-state index in [2.05, 4.69) is 15.4 Å². The van der Waals surface area contributed by atoms with E-state index < -0.39 is 36.7 Å². The van der Waals surface area contributed by atoms with Crippen LogP contribution in [0, 0.1) is 5.92 Å². The Morgan fingerprint density at radius 2 is 1.73 bits per heavy atom. The molecular formula is C18H26N2O6. The molecule has 0 aliphatic carbocycles. The number of alkyl carbamates (subject to hydrolysis) is 1. The summed E-state index contributed by atoms with van der Waals surface area (Å²) in [4.78, 5) is 35.9. The summed E-state index contributed by atoms with van der Waals surface area (Å²) in [5.74, 6) is -1.26. The number of methoxy groups -OCH3 is 1. The molecule has 0 saturated carbocycles. The summed E-state index contributed by atoms with van der Waals surface area (Å²) < 4.78 is 9.63. The quantitative estimate of drug-likeness (QED) is 0.561. The predicted octanol–water partition coefficient (Wildman–Crippen LogP) is 0.978. The van der Waals surface area contributed by atoms with E-state index in [-0.39, 0.29) is 12.5 Å². The van der Waals surface area contributed by atoms with Crippen molar-refractivity contribution in [3.05, 3.63) is 35.9 Å². The Balaban J connectivity index is 2.65. The van der Waals surface area contributed by atoms with Crippen LogP contribution in [0.5, 0.6) is 0 Å². The summed E-state index contributed by atoms with van der Waals surface area (Å²) in [5, 5.41) is 14.1. The van der Waals surface area contributed by atoms with E-state index in [1.165, 1.54) is 0 Å². The molecule has 2 unspecified atom stereocenters. The van der Waals surface area contributed by atoms with Crippen molar-refractivity contribution in [2.24, 2.45) is 5.92 Å². The fourth-order valence-electron chi connectivity index (χ4n) is 2.20. The molecule has 2 amide bonds. The number of amides is 2. The van der Waals surface area contributed by atoms with Crippen molar-refractivity contribution in [3.63, 3.8) is 0 Å². The van der Waals surface area contributed by atoms with E-state index in [1.807, 2.05) is 44.2 Å². The molecule has 26 heavy (non-hydrogen) atoms. The van der Waals surface area contributed by atoms with Crippen molar-refractivity contribution in [2.45, 2.75) is 39.0 Å². The molecule has 0 saturated heterocycles. The molecular weight excluding hydrogens is 340 g/mol. The number of benzene rings is 1. The Bertz CT molecular complexity index is 591. The van der Waals surface area contributed by atoms with Crippen LogP contribution in [0.3, 0.4) is 0 Å². The summed E-state index contributed by atoms with van der Waals surface area (Å²) in [5.41, 5.74) is 0.818. The first kappa shape index (κ1) is 21.4. The van der Waals surface area contributed by atoms with Gasteiger partial charge in [-0.2, -0.15) is 0 Å². The molecule has 0 spiro atoms. The predicted molar refractivity (Wildman–Crippen MR) is 94.0 cm³/mol. The van der Waals surface area contributed by atoms with Crippen molar-refractivity contribution < 1.29 is 29.0 Å². The zero-order valence-electron chi connectivity index (χ0n) is 15.2. The van der Waals surface area contributed by atoms with Crippen molar-refractivity contribution in [1.29, 1.82) is 0 Å². The van der Waals surface area contributed by atoms with Gasteiger partial charge in [-0.05, 0) is 17.9 Å². The standard InChI is InChI=1S/C18H26N2O6/c1-12(2)9-14(16(22)19-15(10-21)17(23)25-3)20-18(24)26-11-13-7-5-4-6-8-13/h4-8,12,14-15,21H,9-11H2,1-3H3,(H,19,22)(H,20,24). The molecule has 1 aromatic rings. The van der Waals surface area contributed by atoms with Gasteiger partial charge in [0.1, 0.15) is 12.6 Å². The SMILES string of the molecule is COC(=O)C(CO)NC(=O)C(CC(C)C)NC(=O)OCc1ccccc1. The number of hydrogen-bond acceptors (Lipinski definition) is 6. The molecule has 144 valence electrons. The Hall–Kier alpha value is -2.61. The molecule has 0 bridgehead atoms. The Morgan fingerprint density at radius 3 is 2.27 bits per heavy atom. The molecule has 0 fully saturated rings. The molecule has 0 aliphatic rings. The topological polar surface area (TPSA) is 114 Å². The van der Waals surface area contributed by atoms with Crippen molar-refractivity contribution in [3.8, 4) is 0 Å². The average Bonchev–Trinajstić information content (AvgIpc) is 2.63. The summed E-state index contributed by atoms with van der Waals surface area (Å²) in [6, 6.07) is 7.04. The van der Waals surface area contributed by atoms with E-state index in [0.717, 1.165) is 12.7 Å². The van der Waals surface area contributed by atoms with Crippen LogP contribution in [0.1, 0.15) is 25.8 Å². The lowest BCUT2D eigenvalue weighted by molar-refractivity contribution is -0.146. The highest BCUT2D eigenvalue weighted by atomic mass is 16.5. The fourth-order valence-corrected chi connectivity index (χ4v) is 2.20. The monoisotopic (exact) mass is 366 g/mol. The number of aliphatic hydroxyl groups excluding tert-OH is 1. The van der Waals surface area contributed by atoms with Crippen LogP contribution >= 0.6 is 0 Å². The zero-order valence-corrected chi connectivity index (χ0v) is 15.2. The van der Waals surface area contributed by atoms with Gasteiger partial charge < -0.3 is 25.2 Å². The van der Waals surface area contributed by atoms with Crippen LogP contribution in [0.4, 0.5) is 4.79 Å². The Labute approximate surface area is 152 Å². The normalized spacial score (nSPS) is 12.8. The minimum Gasteiger partial charge on any atom is -0.467 e. The van der Waals surface area contributed by atoms with Gasteiger partial charge >= 0.3 is 12.1 Å². The lowest BCUT2D eigenvalue weighted by Crippen LogP contribution is -2.53. The number of aliphatic hydroxyl groups is 1. The number of rotatable bonds is 9. The van der Waals surface area contributed by atoms with Crippen LogP contribution < -0.4 is 10.6 Å². The molecule has 0 aliphatic heterocycles. The number of hydrogen-bond donors (Lipinski definition) is 3. The number of carbonyl (C=O) groups is 3. The van der Waals surface area contributed by atoms with Crippen LogP contribution in [0.15, 0.2) is 30.3 Å². The molecule has 1 aromatic carbocycles. The average molecular weight is 366 g/mol. The number of carbonyl (C=O) groups excluding carboxylic acids is 3. The minimum absolute atomic E-state index is 0.0735. The van der Waals surface area contributed by atoms with Crippen molar-refractivity contribution in [1.82, 2.24) is 10.6 Å². The second kappa shape index (κ2) is 11.1. The molecule has 0 heterocycles. The Morgan fingerprint density at radius 1 is 1.08 bits per heavy atom. The van der Waals surface area contributed by atoms with Crippen molar-refractivity contribution >= 4 is 18.0 Å². The largest absolute Gasteiger partial charge is 0.467 e. The lowest BCUT2D eigenvalue weighted by atomic mass is 10.0. The first-order chi connectivity index (χ1) is 12.4. The molecule has 0 aromatic heterocycles. The van der Waals surface area contributed by atoms with E-state index in [9.17, 15) is 19.5 Å². The summed E-state index contributed by atoms with van der Waals surface area (Å²) in [6.45, 7) is 3.25. The first-order valence-corrected chi connectivity index (χ1v) is 8.33. The molecule has 8 heteroatoms. The zero-order chi connectivity index (χ0) is 19.5. The van der Waals surface area contributed by atoms with Gasteiger partial charge in [0.25, 0.3) is 0 Å². The van der Waals surface area contributed by atoms with E-state index in [0.29, 0.717) is 6.42 Å². The van der Waals surface area contributed by atoms with Crippen LogP contribution in [0.2, 0.25) is 0 Å². The Kier molecular flexibility index (Phi) is 9.14. The number of esters is 1. The van der Waals surface area contributed by atoms with E-state index in [4.69, 9.17) is 4.74 Å². The maximum Gasteiger partial charge on any atom is 0.408 e. The summed E-state index contributed by atoms with van der Waals surface area (Å²) in [6.07, 6.45) is -0.403. The van der Waals surface area contributed by atoms with Gasteiger partial charge in [0.2, 0.25) is 5.91 Å². The van der Waals surface area contributed by atoms with Gasteiger partial charge in [0, 0.05) is 0 Å². The molecule has 3 N–H and O–H groups in total. The van der Waals surface area contributed by atoms with Gasteiger partial charge in [0.15, 0.2) is 6.04 Å². The van der Waals surface area contributed by atoms with Crippen LogP contribution in [-0.2, 0) is 25.7 Å². The third-order valence-electron chi connectivity index (χ3n) is 3.51. The maximum absolute atomic E-state index is 12.4. The van der Waals surface area contributed by atoms with Crippen LogP contribution in [-0.4, -0.2) is 48.9 Å². The summed E-state index contributed by atoms with van der Waals surface area (Å²) >= 11 is 0.